The predicted octanol–water partition coefficient (Wildman–Crippen LogP) is 4.06. The van der Waals surface area contributed by atoms with Gasteiger partial charge in [0.2, 0.25) is 0 Å². The average molecular weight is 298 g/mol. The average Bonchev–Trinajstić information content (AvgIpc) is 3.19. The molecule has 4 nitrogen and oxygen atoms in total. The van der Waals surface area contributed by atoms with Gasteiger partial charge in [0.25, 0.3) is 0 Å². The van der Waals surface area contributed by atoms with Crippen molar-refractivity contribution in [3.05, 3.63) is 58.8 Å². The summed E-state index contributed by atoms with van der Waals surface area (Å²) in [4.78, 5) is 6.78. The van der Waals surface area contributed by atoms with Gasteiger partial charge in [-0.05, 0) is 37.6 Å². The maximum Gasteiger partial charge on any atom is 0.138 e. The Labute approximate surface area is 128 Å². The van der Waals surface area contributed by atoms with E-state index in [-0.39, 0.29) is 6.04 Å². The molecule has 0 spiro atoms. The number of anilines is 1. The van der Waals surface area contributed by atoms with Crippen molar-refractivity contribution < 1.29 is 0 Å². The molecule has 0 bridgehead atoms. The fourth-order valence-corrected chi connectivity index (χ4v) is 3.20. The number of benzene rings is 1. The van der Waals surface area contributed by atoms with E-state index in [0.717, 1.165) is 17.8 Å². The molecule has 2 heterocycles. The molecular formula is C16H18N4S. The first kappa shape index (κ1) is 13.8. The Balaban J connectivity index is 1.85. The van der Waals surface area contributed by atoms with E-state index in [0.29, 0.717) is 0 Å². The van der Waals surface area contributed by atoms with Crippen LogP contribution >= 0.6 is 11.3 Å². The number of nitrogens with zero attached hydrogens (tertiary/aromatic N) is 3. The zero-order valence-corrected chi connectivity index (χ0v) is 13.0. The lowest BCUT2D eigenvalue weighted by atomic mass is 10.2. The highest BCUT2D eigenvalue weighted by Crippen LogP contribution is 2.28. The molecule has 1 unspecified atom stereocenters. The van der Waals surface area contributed by atoms with Crippen molar-refractivity contribution in [2.24, 2.45) is 0 Å². The fourth-order valence-electron chi connectivity index (χ4n) is 2.25. The molecule has 1 atom stereocenters. The van der Waals surface area contributed by atoms with Gasteiger partial charge in [0, 0.05) is 9.75 Å². The zero-order chi connectivity index (χ0) is 14.7. The molecule has 21 heavy (non-hydrogen) atoms. The number of hydrogen-bond donors (Lipinski definition) is 1. The van der Waals surface area contributed by atoms with Crippen LogP contribution in [0, 0.1) is 0 Å². The van der Waals surface area contributed by atoms with Gasteiger partial charge in [-0.3, -0.25) is 0 Å². The topological polar surface area (TPSA) is 42.7 Å². The second kappa shape index (κ2) is 6.10. The van der Waals surface area contributed by atoms with Gasteiger partial charge in [-0.25, -0.2) is 9.67 Å². The first-order chi connectivity index (χ1) is 10.3. The van der Waals surface area contributed by atoms with Crippen molar-refractivity contribution in [3.8, 4) is 5.69 Å². The van der Waals surface area contributed by atoms with Crippen LogP contribution in [0.3, 0.4) is 0 Å². The molecule has 0 aliphatic carbocycles. The normalized spacial score (nSPS) is 12.3. The molecular weight excluding hydrogens is 280 g/mol. The van der Waals surface area contributed by atoms with E-state index in [2.05, 4.69) is 47.4 Å². The van der Waals surface area contributed by atoms with Crippen LogP contribution in [0.15, 0.2) is 49.1 Å². The molecule has 0 aliphatic heterocycles. The van der Waals surface area contributed by atoms with E-state index in [1.807, 2.05) is 29.5 Å². The quantitative estimate of drug-likeness (QED) is 0.772. The molecule has 3 rings (SSSR count). The maximum atomic E-state index is 4.21. The van der Waals surface area contributed by atoms with Crippen molar-refractivity contribution in [1.82, 2.24) is 14.8 Å². The summed E-state index contributed by atoms with van der Waals surface area (Å²) in [6.07, 6.45) is 4.35. The van der Waals surface area contributed by atoms with Gasteiger partial charge in [0.05, 0.1) is 17.4 Å². The van der Waals surface area contributed by atoms with Crippen LogP contribution in [0.25, 0.3) is 5.69 Å². The Kier molecular flexibility index (Phi) is 4.01. The standard InChI is InChI=1S/C16H18N4S/c1-3-13-8-9-16(21-13)12(2)19-14-6-4-5-7-15(14)20-11-17-10-18-20/h4-12,19H,3H2,1-2H3. The molecule has 0 saturated heterocycles. The lowest BCUT2D eigenvalue weighted by Crippen LogP contribution is -2.08. The fraction of sp³-hybridized carbons (Fsp3) is 0.250. The number of rotatable bonds is 5. The van der Waals surface area contributed by atoms with Crippen molar-refractivity contribution in [2.45, 2.75) is 26.3 Å². The first-order valence-corrected chi connectivity index (χ1v) is 7.88. The second-order valence-corrected chi connectivity index (χ2v) is 6.08. The van der Waals surface area contributed by atoms with Gasteiger partial charge >= 0.3 is 0 Å². The summed E-state index contributed by atoms with van der Waals surface area (Å²) in [6.45, 7) is 4.37. The van der Waals surface area contributed by atoms with Gasteiger partial charge in [-0.1, -0.05) is 19.1 Å². The summed E-state index contributed by atoms with van der Waals surface area (Å²) in [5.41, 5.74) is 2.07. The number of hydrogen-bond acceptors (Lipinski definition) is 4. The summed E-state index contributed by atoms with van der Waals surface area (Å²) in [6, 6.07) is 12.8. The zero-order valence-electron chi connectivity index (χ0n) is 12.2. The van der Waals surface area contributed by atoms with Gasteiger partial charge in [-0.15, -0.1) is 11.3 Å². The number of nitrogens with one attached hydrogen (secondary N) is 1. The lowest BCUT2D eigenvalue weighted by molar-refractivity contribution is 0.860. The molecule has 0 fully saturated rings. The van der Waals surface area contributed by atoms with Gasteiger partial charge < -0.3 is 5.32 Å². The van der Waals surface area contributed by atoms with Crippen LogP contribution in [-0.2, 0) is 6.42 Å². The maximum absolute atomic E-state index is 4.21. The lowest BCUT2D eigenvalue weighted by Gasteiger charge is -2.16. The van der Waals surface area contributed by atoms with Crippen LogP contribution in [0.2, 0.25) is 0 Å². The van der Waals surface area contributed by atoms with Crippen LogP contribution < -0.4 is 5.32 Å². The van der Waals surface area contributed by atoms with Crippen LogP contribution in [0.5, 0.6) is 0 Å². The smallest absolute Gasteiger partial charge is 0.138 e. The summed E-state index contributed by atoms with van der Waals surface area (Å²) >= 11 is 1.87. The predicted molar refractivity (Wildman–Crippen MR) is 87.1 cm³/mol. The minimum Gasteiger partial charge on any atom is -0.376 e. The monoisotopic (exact) mass is 298 g/mol. The Morgan fingerprint density at radius 2 is 2.10 bits per heavy atom. The van der Waals surface area contributed by atoms with Crippen molar-refractivity contribution in [2.75, 3.05) is 5.32 Å². The van der Waals surface area contributed by atoms with Gasteiger partial charge in [0.1, 0.15) is 12.7 Å². The van der Waals surface area contributed by atoms with Crippen LogP contribution in [-0.4, -0.2) is 14.8 Å². The van der Waals surface area contributed by atoms with Crippen LogP contribution in [0.1, 0.15) is 29.6 Å². The van der Waals surface area contributed by atoms with E-state index in [1.165, 1.54) is 9.75 Å². The third-order valence-corrected chi connectivity index (χ3v) is 4.81. The molecule has 1 N–H and O–H groups in total. The van der Waals surface area contributed by atoms with E-state index in [9.17, 15) is 0 Å². The summed E-state index contributed by atoms with van der Waals surface area (Å²) in [7, 11) is 0. The molecule has 3 aromatic rings. The highest BCUT2D eigenvalue weighted by Gasteiger charge is 2.11. The van der Waals surface area contributed by atoms with E-state index in [4.69, 9.17) is 0 Å². The largest absolute Gasteiger partial charge is 0.376 e. The Morgan fingerprint density at radius 1 is 1.24 bits per heavy atom. The van der Waals surface area contributed by atoms with Gasteiger partial charge in [-0.2, -0.15) is 5.10 Å². The third kappa shape index (κ3) is 2.97. The number of aryl methyl sites for hydroxylation is 1. The summed E-state index contributed by atoms with van der Waals surface area (Å²) in [5, 5.41) is 7.79. The molecule has 0 radical (unpaired) electrons. The summed E-state index contributed by atoms with van der Waals surface area (Å²) < 4.78 is 1.78. The minimum atomic E-state index is 0.264. The minimum absolute atomic E-state index is 0.264. The first-order valence-electron chi connectivity index (χ1n) is 7.07. The van der Waals surface area contributed by atoms with E-state index < -0.39 is 0 Å². The molecule has 0 saturated carbocycles. The van der Waals surface area contributed by atoms with Crippen LogP contribution in [0.4, 0.5) is 5.69 Å². The molecule has 5 heteroatoms. The highest BCUT2D eigenvalue weighted by molar-refractivity contribution is 7.12. The van der Waals surface area contributed by atoms with E-state index in [1.54, 1.807) is 17.3 Å². The van der Waals surface area contributed by atoms with Crippen molar-refractivity contribution >= 4 is 17.0 Å². The molecule has 1 aromatic carbocycles. The Hall–Kier alpha value is -2.14. The van der Waals surface area contributed by atoms with Crippen molar-refractivity contribution in [3.63, 3.8) is 0 Å². The SMILES string of the molecule is CCc1ccc(C(C)Nc2ccccc2-n2cncn2)s1. The third-order valence-electron chi connectivity index (χ3n) is 3.40. The molecule has 0 amide bonds. The number of thiophene rings is 1. The molecule has 108 valence electrons. The Bertz CT molecular complexity index is 703. The second-order valence-electron chi connectivity index (χ2n) is 4.88. The molecule has 0 aliphatic rings. The Morgan fingerprint density at radius 3 is 2.81 bits per heavy atom. The number of para-hydroxylation sites is 2. The summed E-state index contributed by atoms with van der Waals surface area (Å²) in [5.74, 6) is 0. The number of aromatic nitrogens is 3. The van der Waals surface area contributed by atoms with E-state index >= 15 is 0 Å². The molecule has 2 aromatic heterocycles. The van der Waals surface area contributed by atoms with Crippen molar-refractivity contribution in [1.29, 1.82) is 0 Å². The highest BCUT2D eigenvalue weighted by atomic mass is 32.1. The van der Waals surface area contributed by atoms with Gasteiger partial charge in [0.15, 0.2) is 0 Å².